The lowest BCUT2D eigenvalue weighted by Crippen LogP contribution is -2.46. The van der Waals surface area contributed by atoms with Crippen molar-refractivity contribution in [1.29, 1.82) is 0 Å². The molecule has 2 heterocycles. The Morgan fingerprint density at radius 3 is 2.64 bits per heavy atom. The highest BCUT2D eigenvalue weighted by atomic mass is 15.6. The van der Waals surface area contributed by atoms with Crippen LogP contribution in [0.2, 0.25) is 0 Å². The van der Waals surface area contributed by atoms with Crippen LogP contribution >= 0.6 is 0 Å². The maximum absolute atomic E-state index is 4.30. The normalized spacial score (nSPS) is 19.1. The van der Waals surface area contributed by atoms with E-state index >= 15 is 0 Å². The number of hydrogen-bond donors (Lipinski definition) is 1. The van der Waals surface area contributed by atoms with E-state index in [4.69, 9.17) is 0 Å². The fraction of sp³-hybridized carbons (Fsp3) is 0.235. The number of benzene rings is 2. The van der Waals surface area contributed by atoms with Crippen LogP contribution in [-0.4, -0.2) is 20.2 Å². The molecule has 22 heavy (non-hydrogen) atoms. The van der Waals surface area contributed by atoms with Gasteiger partial charge in [0.1, 0.15) is 0 Å². The Morgan fingerprint density at radius 2 is 1.82 bits per heavy atom. The van der Waals surface area contributed by atoms with Crippen molar-refractivity contribution in [3.63, 3.8) is 0 Å². The molecule has 5 heteroatoms. The van der Waals surface area contributed by atoms with Crippen LogP contribution in [0.3, 0.4) is 0 Å². The van der Waals surface area contributed by atoms with E-state index < -0.39 is 5.66 Å². The summed E-state index contributed by atoms with van der Waals surface area (Å²) < 4.78 is 1.92. The highest BCUT2D eigenvalue weighted by Gasteiger charge is 2.41. The van der Waals surface area contributed by atoms with E-state index in [0.717, 1.165) is 29.9 Å². The molecular weight excluding hydrogens is 274 g/mol. The minimum atomic E-state index is -0.441. The number of fused-ring (bicyclic) bond motifs is 3. The van der Waals surface area contributed by atoms with Crippen molar-refractivity contribution in [1.82, 2.24) is 20.2 Å². The average molecular weight is 291 g/mol. The summed E-state index contributed by atoms with van der Waals surface area (Å²) in [5.74, 6) is 0.812. The maximum Gasteiger partial charge on any atom is 0.186 e. The second kappa shape index (κ2) is 4.94. The Balaban J connectivity index is 1.98. The van der Waals surface area contributed by atoms with Crippen LogP contribution in [-0.2, 0) is 5.66 Å². The molecule has 5 nitrogen and oxygen atoms in total. The highest BCUT2D eigenvalue weighted by Crippen LogP contribution is 2.42. The third-order valence-corrected chi connectivity index (χ3v) is 4.20. The summed E-state index contributed by atoms with van der Waals surface area (Å²) in [5, 5.41) is 16.2. The van der Waals surface area contributed by atoms with E-state index in [1.807, 2.05) is 28.9 Å². The summed E-state index contributed by atoms with van der Waals surface area (Å²) in [7, 11) is 0. The summed E-state index contributed by atoms with van der Waals surface area (Å²) in [6.07, 6.45) is 1.92. The van der Waals surface area contributed by atoms with Crippen molar-refractivity contribution in [2.45, 2.75) is 25.4 Å². The first-order valence-corrected chi connectivity index (χ1v) is 7.57. The topological polar surface area (TPSA) is 55.6 Å². The van der Waals surface area contributed by atoms with Gasteiger partial charge >= 0.3 is 0 Å². The van der Waals surface area contributed by atoms with Gasteiger partial charge in [0.15, 0.2) is 11.5 Å². The number of para-hydroxylation sites is 1. The van der Waals surface area contributed by atoms with Crippen LogP contribution in [0.25, 0.3) is 11.4 Å². The average Bonchev–Trinajstić information content (AvgIpc) is 3.07. The van der Waals surface area contributed by atoms with Crippen molar-refractivity contribution >= 4 is 5.69 Å². The lowest BCUT2D eigenvalue weighted by molar-refractivity contribution is 0.330. The predicted octanol–water partition coefficient (Wildman–Crippen LogP) is 3.27. The van der Waals surface area contributed by atoms with E-state index in [1.54, 1.807) is 0 Å². The predicted molar refractivity (Wildman–Crippen MR) is 85.3 cm³/mol. The Morgan fingerprint density at radius 1 is 1.05 bits per heavy atom. The number of hydrogen-bond acceptors (Lipinski definition) is 4. The highest BCUT2D eigenvalue weighted by molar-refractivity contribution is 5.77. The van der Waals surface area contributed by atoms with Gasteiger partial charge in [-0.3, -0.25) is 0 Å². The lowest BCUT2D eigenvalue weighted by atomic mass is 9.91. The van der Waals surface area contributed by atoms with Crippen molar-refractivity contribution in [3.05, 3.63) is 60.2 Å². The van der Waals surface area contributed by atoms with E-state index in [9.17, 15) is 0 Å². The van der Waals surface area contributed by atoms with Gasteiger partial charge < -0.3 is 5.32 Å². The summed E-state index contributed by atoms with van der Waals surface area (Å²) in [4.78, 5) is 0. The fourth-order valence-electron chi connectivity index (χ4n) is 3.26. The first-order chi connectivity index (χ1) is 10.8. The number of tetrazole rings is 1. The Kier molecular flexibility index (Phi) is 2.92. The standard InChI is InChI=1S/C17H17N5/c1-2-12-17(13-8-4-3-5-9-13)18-15-11-7-6-10-14(15)16-19-20-21-22(16)17/h3-11,18H,2,12H2,1H3. The molecular formula is C17H17N5. The fourth-order valence-corrected chi connectivity index (χ4v) is 3.26. The second-order valence-electron chi connectivity index (χ2n) is 5.56. The number of rotatable bonds is 3. The molecule has 0 bridgehead atoms. The molecule has 0 saturated heterocycles. The van der Waals surface area contributed by atoms with Gasteiger partial charge in [-0.15, -0.1) is 5.10 Å². The molecule has 1 aliphatic heterocycles. The third-order valence-electron chi connectivity index (χ3n) is 4.20. The Labute approximate surface area is 129 Å². The molecule has 1 N–H and O–H groups in total. The molecule has 0 radical (unpaired) electrons. The zero-order valence-electron chi connectivity index (χ0n) is 12.4. The molecule has 0 aliphatic carbocycles. The van der Waals surface area contributed by atoms with E-state index in [2.05, 4.69) is 58.1 Å². The number of aromatic nitrogens is 4. The first-order valence-electron chi connectivity index (χ1n) is 7.57. The molecule has 1 atom stereocenters. The molecule has 110 valence electrons. The van der Waals surface area contributed by atoms with Crippen molar-refractivity contribution in [2.75, 3.05) is 5.32 Å². The van der Waals surface area contributed by atoms with Crippen LogP contribution in [0.15, 0.2) is 54.6 Å². The van der Waals surface area contributed by atoms with Crippen LogP contribution in [0.1, 0.15) is 25.3 Å². The number of nitrogens with one attached hydrogen (secondary N) is 1. The van der Waals surface area contributed by atoms with Crippen LogP contribution in [0.4, 0.5) is 5.69 Å². The first kappa shape index (κ1) is 13.0. The SMILES string of the molecule is CCCC1(c2ccccc2)Nc2ccccc2-c2nnnn21. The zero-order valence-corrected chi connectivity index (χ0v) is 12.4. The molecule has 0 spiro atoms. The van der Waals surface area contributed by atoms with E-state index in [1.165, 1.54) is 5.56 Å². The minimum Gasteiger partial charge on any atom is -0.357 e. The number of anilines is 1. The molecule has 1 aliphatic rings. The van der Waals surface area contributed by atoms with E-state index in [0.29, 0.717) is 0 Å². The second-order valence-corrected chi connectivity index (χ2v) is 5.56. The van der Waals surface area contributed by atoms with Crippen LogP contribution in [0.5, 0.6) is 0 Å². The molecule has 0 saturated carbocycles. The van der Waals surface area contributed by atoms with Crippen LogP contribution < -0.4 is 5.32 Å². The third kappa shape index (κ3) is 1.75. The number of nitrogens with zero attached hydrogens (tertiary/aromatic N) is 4. The van der Waals surface area contributed by atoms with Gasteiger partial charge in [-0.05, 0) is 34.5 Å². The van der Waals surface area contributed by atoms with E-state index in [-0.39, 0.29) is 0 Å². The molecule has 1 aromatic heterocycles. The van der Waals surface area contributed by atoms with Crippen molar-refractivity contribution in [2.24, 2.45) is 0 Å². The quantitative estimate of drug-likeness (QED) is 0.804. The molecule has 4 rings (SSSR count). The molecule has 0 amide bonds. The Hall–Kier alpha value is -2.69. The van der Waals surface area contributed by atoms with Gasteiger partial charge in [-0.2, -0.15) is 4.68 Å². The molecule has 2 aromatic carbocycles. The van der Waals surface area contributed by atoms with Gasteiger partial charge in [0.25, 0.3) is 0 Å². The Bertz CT molecular complexity index is 796. The van der Waals surface area contributed by atoms with Gasteiger partial charge in [-0.25, -0.2) is 0 Å². The van der Waals surface area contributed by atoms with Crippen LogP contribution in [0, 0.1) is 0 Å². The van der Waals surface area contributed by atoms with Gasteiger partial charge in [0.05, 0.1) is 0 Å². The molecule has 3 aromatic rings. The summed E-state index contributed by atoms with van der Waals surface area (Å²) in [6.45, 7) is 2.18. The summed E-state index contributed by atoms with van der Waals surface area (Å²) in [5.41, 5.74) is 2.83. The molecule has 1 unspecified atom stereocenters. The lowest BCUT2D eigenvalue weighted by Gasteiger charge is -2.40. The van der Waals surface area contributed by atoms with Gasteiger partial charge in [-0.1, -0.05) is 55.8 Å². The zero-order chi connectivity index (χ0) is 15.0. The van der Waals surface area contributed by atoms with Gasteiger partial charge in [0, 0.05) is 11.3 Å². The smallest absolute Gasteiger partial charge is 0.186 e. The van der Waals surface area contributed by atoms with Gasteiger partial charge in [0.2, 0.25) is 0 Å². The summed E-state index contributed by atoms with van der Waals surface area (Å²) in [6, 6.07) is 18.6. The van der Waals surface area contributed by atoms with Crippen molar-refractivity contribution in [3.8, 4) is 11.4 Å². The maximum atomic E-state index is 4.30. The minimum absolute atomic E-state index is 0.441. The molecule has 0 fully saturated rings. The monoisotopic (exact) mass is 291 g/mol. The summed E-state index contributed by atoms with van der Waals surface area (Å²) >= 11 is 0. The van der Waals surface area contributed by atoms with Crippen molar-refractivity contribution < 1.29 is 0 Å². The largest absolute Gasteiger partial charge is 0.357 e.